The number of rotatable bonds is 0. The molecule has 14 heavy (non-hydrogen) atoms. The standard InChI is InChI=1S/C10H18N2O2/c13-9-5-6-10(14)12-8-4-2-1-3-7-11-9/h1-8H2,(H,11,13)(H,12,14). The van der Waals surface area contributed by atoms with Crippen LogP contribution in [0.5, 0.6) is 0 Å². The number of nitrogens with one attached hydrogen (secondary N) is 2. The van der Waals surface area contributed by atoms with Crippen LogP contribution in [0.4, 0.5) is 0 Å². The summed E-state index contributed by atoms with van der Waals surface area (Å²) in [5, 5.41) is 5.60. The van der Waals surface area contributed by atoms with Crippen molar-refractivity contribution in [2.75, 3.05) is 13.1 Å². The third kappa shape index (κ3) is 4.84. The molecule has 0 saturated carbocycles. The van der Waals surface area contributed by atoms with Crippen molar-refractivity contribution in [2.24, 2.45) is 0 Å². The van der Waals surface area contributed by atoms with Crippen molar-refractivity contribution in [1.82, 2.24) is 10.6 Å². The molecule has 0 unspecified atom stereocenters. The largest absolute Gasteiger partial charge is 0.356 e. The van der Waals surface area contributed by atoms with E-state index in [0.717, 1.165) is 38.8 Å². The zero-order valence-corrected chi connectivity index (χ0v) is 8.47. The Kier molecular flexibility index (Phi) is 5.04. The fourth-order valence-corrected chi connectivity index (χ4v) is 1.46. The van der Waals surface area contributed by atoms with Crippen molar-refractivity contribution in [2.45, 2.75) is 38.5 Å². The van der Waals surface area contributed by atoms with E-state index in [2.05, 4.69) is 10.6 Å². The molecule has 4 heteroatoms. The number of amides is 2. The van der Waals surface area contributed by atoms with Gasteiger partial charge in [0.05, 0.1) is 0 Å². The second-order valence-corrected chi connectivity index (χ2v) is 3.61. The maximum absolute atomic E-state index is 11.2. The Labute approximate surface area is 84.4 Å². The lowest BCUT2D eigenvalue weighted by atomic mass is 10.1. The van der Waals surface area contributed by atoms with Crippen molar-refractivity contribution < 1.29 is 9.59 Å². The van der Waals surface area contributed by atoms with E-state index in [-0.39, 0.29) is 11.8 Å². The van der Waals surface area contributed by atoms with Gasteiger partial charge in [-0.15, -0.1) is 0 Å². The molecular weight excluding hydrogens is 180 g/mol. The van der Waals surface area contributed by atoms with Gasteiger partial charge in [-0.3, -0.25) is 9.59 Å². The first-order valence-corrected chi connectivity index (χ1v) is 5.32. The fraction of sp³-hybridized carbons (Fsp3) is 0.800. The molecular formula is C10H18N2O2. The maximum atomic E-state index is 11.2. The first kappa shape index (κ1) is 11.0. The van der Waals surface area contributed by atoms with Crippen LogP contribution in [0.15, 0.2) is 0 Å². The molecule has 1 heterocycles. The molecule has 1 rings (SSSR count). The van der Waals surface area contributed by atoms with E-state index in [0.29, 0.717) is 12.8 Å². The molecule has 0 bridgehead atoms. The Morgan fingerprint density at radius 3 is 1.57 bits per heavy atom. The summed E-state index contributed by atoms with van der Waals surface area (Å²) in [4.78, 5) is 22.3. The number of carbonyl (C=O) groups is 2. The van der Waals surface area contributed by atoms with Gasteiger partial charge in [0.25, 0.3) is 0 Å². The first-order valence-electron chi connectivity index (χ1n) is 5.32. The average Bonchev–Trinajstić information content (AvgIpc) is 2.17. The quantitative estimate of drug-likeness (QED) is 0.598. The average molecular weight is 198 g/mol. The Bertz CT molecular complexity index is 182. The molecule has 0 spiro atoms. The number of hydrogen-bond acceptors (Lipinski definition) is 2. The second kappa shape index (κ2) is 6.40. The first-order chi connectivity index (χ1) is 6.79. The summed E-state index contributed by atoms with van der Waals surface area (Å²) < 4.78 is 0. The lowest BCUT2D eigenvalue weighted by Gasteiger charge is -2.08. The van der Waals surface area contributed by atoms with Crippen LogP contribution in [0.2, 0.25) is 0 Å². The lowest BCUT2D eigenvalue weighted by Crippen LogP contribution is -2.29. The molecule has 1 aliphatic rings. The summed E-state index contributed by atoms with van der Waals surface area (Å²) in [5.41, 5.74) is 0. The highest BCUT2D eigenvalue weighted by Gasteiger charge is 2.06. The number of hydrogen-bond donors (Lipinski definition) is 2. The molecule has 0 aliphatic carbocycles. The third-order valence-electron chi connectivity index (χ3n) is 2.33. The van der Waals surface area contributed by atoms with Gasteiger partial charge >= 0.3 is 0 Å². The van der Waals surface area contributed by atoms with Crippen LogP contribution in [0.1, 0.15) is 38.5 Å². The molecule has 2 amide bonds. The van der Waals surface area contributed by atoms with Crippen molar-refractivity contribution in [3.05, 3.63) is 0 Å². The minimum atomic E-state index is -0.0132. The lowest BCUT2D eigenvalue weighted by molar-refractivity contribution is -0.126. The molecule has 1 aliphatic heterocycles. The van der Waals surface area contributed by atoms with Gasteiger partial charge in [-0.1, -0.05) is 12.8 Å². The summed E-state index contributed by atoms with van der Waals surface area (Å²) in [6, 6.07) is 0. The summed E-state index contributed by atoms with van der Waals surface area (Å²) in [6.07, 6.45) is 4.95. The van der Waals surface area contributed by atoms with Crippen LogP contribution in [-0.4, -0.2) is 24.9 Å². The zero-order valence-electron chi connectivity index (χ0n) is 8.47. The molecule has 0 atom stereocenters. The summed E-state index contributed by atoms with van der Waals surface area (Å²) in [6.45, 7) is 1.50. The smallest absolute Gasteiger partial charge is 0.220 e. The van der Waals surface area contributed by atoms with E-state index in [1.165, 1.54) is 0 Å². The minimum Gasteiger partial charge on any atom is -0.356 e. The van der Waals surface area contributed by atoms with Gasteiger partial charge in [0.2, 0.25) is 11.8 Å². The van der Waals surface area contributed by atoms with Crippen LogP contribution in [0.3, 0.4) is 0 Å². The van der Waals surface area contributed by atoms with E-state index in [1.807, 2.05) is 0 Å². The molecule has 1 fully saturated rings. The van der Waals surface area contributed by atoms with Crippen molar-refractivity contribution in [3.63, 3.8) is 0 Å². The van der Waals surface area contributed by atoms with Crippen LogP contribution in [0, 0.1) is 0 Å². The highest BCUT2D eigenvalue weighted by Crippen LogP contribution is 1.99. The second-order valence-electron chi connectivity index (χ2n) is 3.61. The third-order valence-corrected chi connectivity index (χ3v) is 2.33. The van der Waals surface area contributed by atoms with Crippen molar-refractivity contribution >= 4 is 11.8 Å². The number of carbonyl (C=O) groups excluding carboxylic acids is 2. The minimum absolute atomic E-state index is 0.0132. The summed E-state index contributed by atoms with van der Waals surface area (Å²) in [7, 11) is 0. The van der Waals surface area contributed by atoms with Crippen LogP contribution in [-0.2, 0) is 9.59 Å². The predicted octanol–water partition coefficient (Wildman–Crippen LogP) is 0.573. The van der Waals surface area contributed by atoms with Gasteiger partial charge in [-0.2, -0.15) is 0 Å². The predicted molar refractivity (Wildman–Crippen MR) is 53.7 cm³/mol. The zero-order chi connectivity index (χ0) is 10.2. The van der Waals surface area contributed by atoms with Crippen LogP contribution < -0.4 is 10.6 Å². The van der Waals surface area contributed by atoms with Crippen LogP contribution >= 0.6 is 0 Å². The highest BCUT2D eigenvalue weighted by molar-refractivity contribution is 5.83. The molecule has 80 valence electrons. The molecule has 2 N–H and O–H groups in total. The maximum Gasteiger partial charge on any atom is 0.220 e. The van der Waals surface area contributed by atoms with Gasteiger partial charge in [0, 0.05) is 25.9 Å². The molecule has 4 nitrogen and oxygen atoms in total. The SMILES string of the molecule is O=C1CCC(=O)NCCCCCCN1. The van der Waals surface area contributed by atoms with E-state index < -0.39 is 0 Å². The summed E-state index contributed by atoms with van der Waals surface area (Å²) >= 11 is 0. The molecule has 1 saturated heterocycles. The van der Waals surface area contributed by atoms with Gasteiger partial charge < -0.3 is 10.6 Å². The van der Waals surface area contributed by atoms with Crippen molar-refractivity contribution in [3.8, 4) is 0 Å². The van der Waals surface area contributed by atoms with E-state index >= 15 is 0 Å². The highest BCUT2D eigenvalue weighted by atomic mass is 16.2. The molecule has 0 aromatic rings. The van der Waals surface area contributed by atoms with Crippen LogP contribution in [0.25, 0.3) is 0 Å². The van der Waals surface area contributed by atoms with Crippen molar-refractivity contribution in [1.29, 1.82) is 0 Å². The summed E-state index contributed by atoms with van der Waals surface area (Å²) in [5.74, 6) is -0.0264. The Balaban J connectivity index is 2.29. The van der Waals surface area contributed by atoms with Gasteiger partial charge in [0.15, 0.2) is 0 Å². The Hall–Kier alpha value is -1.06. The van der Waals surface area contributed by atoms with Gasteiger partial charge in [-0.05, 0) is 12.8 Å². The van der Waals surface area contributed by atoms with E-state index in [1.54, 1.807) is 0 Å². The van der Waals surface area contributed by atoms with E-state index in [4.69, 9.17) is 0 Å². The topological polar surface area (TPSA) is 58.2 Å². The molecule has 0 radical (unpaired) electrons. The molecule has 0 aromatic heterocycles. The Morgan fingerprint density at radius 1 is 0.714 bits per heavy atom. The Morgan fingerprint density at radius 2 is 1.14 bits per heavy atom. The van der Waals surface area contributed by atoms with Gasteiger partial charge in [0.1, 0.15) is 0 Å². The molecule has 0 aromatic carbocycles. The fourth-order valence-electron chi connectivity index (χ4n) is 1.46. The van der Waals surface area contributed by atoms with Gasteiger partial charge in [-0.25, -0.2) is 0 Å². The van der Waals surface area contributed by atoms with E-state index in [9.17, 15) is 9.59 Å². The monoisotopic (exact) mass is 198 g/mol. The normalized spacial score (nSPS) is 21.4.